The highest BCUT2D eigenvalue weighted by molar-refractivity contribution is 9.09. The van der Waals surface area contributed by atoms with E-state index in [9.17, 15) is 0 Å². The second-order valence-corrected chi connectivity index (χ2v) is 3.38. The van der Waals surface area contributed by atoms with Crippen LogP contribution in [0.2, 0.25) is 0 Å². The highest BCUT2D eigenvalue weighted by atomic mass is 79.9. The van der Waals surface area contributed by atoms with Crippen LogP contribution in [0, 0.1) is 0 Å². The Bertz CT molecular complexity index is 31.9. The van der Waals surface area contributed by atoms with Crippen LogP contribution in [0.5, 0.6) is 0 Å². The van der Waals surface area contributed by atoms with E-state index in [2.05, 4.69) is 31.9 Å². The van der Waals surface area contributed by atoms with Gasteiger partial charge in [-0.1, -0.05) is 52.1 Å². The van der Waals surface area contributed by atoms with E-state index < -0.39 is 0 Å². The molecule has 0 heterocycles. The van der Waals surface area contributed by atoms with Crippen LogP contribution in [0.1, 0.15) is 33.1 Å². The summed E-state index contributed by atoms with van der Waals surface area (Å²) in [6, 6.07) is 0. The fourth-order valence-electron chi connectivity index (χ4n) is 0.543. The van der Waals surface area contributed by atoms with Crippen molar-refractivity contribution in [1.29, 1.82) is 0 Å². The third-order valence-corrected chi connectivity index (χ3v) is 2.14. The van der Waals surface area contributed by atoms with Gasteiger partial charge in [0.1, 0.15) is 0 Å². The number of hydrogen-bond acceptors (Lipinski definition) is 0. The molecule has 0 aromatic heterocycles. The highest BCUT2D eigenvalue weighted by Gasteiger charge is 1.84. The Morgan fingerprint density at radius 1 is 0.667 bits per heavy atom. The van der Waals surface area contributed by atoms with E-state index in [1.807, 2.05) is 0 Å². The maximum Gasteiger partial charge on any atom is 0.00313 e. The van der Waals surface area contributed by atoms with Gasteiger partial charge in [0.15, 0.2) is 0 Å². The highest BCUT2D eigenvalue weighted by Crippen LogP contribution is 2.02. The van der Waals surface area contributed by atoms with Gasteiger partial charge in [0.25, 0.3) is 0 Å². The van der Waals surface area contributed by atoms with Gasteiger partial charge < -0.3 is 0 Å². The predicted molar refractivity (Wildman–Crippen MR) is 52.8 cm³/mol. The Labute approximate surface area is 75.7 Å². The van der Waals surface area contributed by atoms with E-state index in [1.165, 1.54) is 25.7 Å². The molecule has 0 rings (SSSR count). The third kappa shape index (κ3) is 12.2. The Hall–Kier alpha value is 0.960. The monoisotopic (exact) mass is 258 g/mol. The molecule has 0 spiro atoms. The minimum absolute atomic E-state index is 0. The molecule has 58 valence electrons. The Balaban J connectivity index is 0. The Morgan fingerprint density at radius 3 is 1.22 bits per heavy atom. The van der Waals surface area contributed by atoms with Crippen LogP contribution in [0.15, 0.2) is 0 Å². The molecule has 0 bridgehead atoms. The summed E-state index contributed by atoms with van der Waals surface area (Å²) in [5, 5.41) is 2.32. The fraction of sp³-hybridized carbons (Fsp3) is 1.00. The number of rotatable bonds is 5. The molecule has 0 aliphatic heterocycles. The van der Waals surface area contributed by atoms with Gasteiger partial charge in [0.05, 0.1) is 0 Å². The van der Waals surface area contributed by atoms with E-state index in [1.54, 1.807) is 0 Å². The summed E-state index contributed by atoms with van der Waals surface area (Å²) in [6.45, 7) is 0. The van der Waals surface area contributed by atoms with E-state index in [4.69, 9.17) is 0 Å². The van der Waals surface area contributed by atoms with Crippen molar-refractivity contribution in [3.63, 3.8) is 0 Å². The van der Waals surface area contributed by atoms with Gasteiger partial charge in [-0.2, -0.15) is 0 Å². The maximum absolute atomic E-state index is 3.39. The van der Waals surface area contributed by atoms with Crippen molar-refractivity contribution >= 4 is 31.9 Å². The molecule has 0 N–H and O–H groups in total. The average Bonchev–Trinajstić information content (AvgIpc) is 1.81. The van der Waals surface area contributed by atoms with Crippen molar-refractivity contribution in [2.45, 2.75) is 33.1 Å². The zero-order valence-electron chi connectivity index (χ0n) is 5.00. The van der Waals surface area contributed by atoms with Crippen LogP contribution >= 0.6 is 31.9 Å². The lowest BCUT2D eigenvalue weighted by molar-refractivity contribution is 0.715. The van der Waals surface area contributed by atoms with Gasteiger partial charge in [-0.3, -0.25) is 0 Å². The minimum Gasteiger partial charge on any atom is -0.0928 e. The van der Waals surface area contributed by atoms with Gasteiger partial charge in [-0.25, -0.2) is 0 Å². The number of alkyl halides is 2. The fourth-order valence-corrected chi connectivity index (χ4v) is 1.34. The normalized spacial score (nSPS) is 8.67. The molecule has 2 heteroatoms. The second kappa shape index (κ2) is 11.7. The van der Waals surface area contributed by atoms with E-state index >= 15 is 0 Å². The van der Waals surface area contributed by atoms with Crippen molar-refractivity contribution < 1.29 is 0 Å². The zero-order chi connectivity index (χ0) is 6.24. The minimum atomic E-state index is 0. The van der Waals surface area contributed by atoms with Gasteiger partial charge in [0.2, 0.25) is 0 Å². The van der Waals surface area contributed by atoms with Crippen molar-refractivity contribution in [3.05, 3.63) is 0 Å². The molecule has 0 aliphatic carbocycles. The van der Waals surface area contributed by atoms with Crippen LogP contribution in [0.25, 0.3) is 0 Å². The van der Waals surface area contributed by atoms with Gasteiger partial charge in [0, 0.05) is 10.7 Å². The lowest BCUT2D eigenvalue weighted by Gasteiger charge is -1.92. The molecule has 9 heavy (non-hydrogen) atoms. The topological polar surface area (TPSA) is 0 Å². The Kier molecular flexibility index (Phi) is 16.4. The molecule has 0 unspecified atom stereocenters. The predicted octanol–water partition coefficient (Wildman–Crippen LogP) is 3.97. The second-order valence-electron chi connectivity index (χ2n) is 1.79. The zero-order valence-corrected chi connectivity index (χ0v) is 8.17. The van der Waals surface area contributed by atoms with Crippen LogP contribution in [-0.2, 0) is 0 Å². The smallest absolute Gasteiger partial charge is 0.00313 e. The summed E-state index contributed by atoms with van der Waals surface area (Å²) < 4.78 is 0. The summed E-state index contributed by atoms with van der Waals surface area (Å²) in [7, 11) is 0. The molecule has 0 aromatic carbocycles. The molecule has 0 radical (unpaired) electrons. The first-order valence-electron chi connectivity index (χ1n) is 3.03. The first kappa shape index (κ1) is 12.6. The number of hydrogen-bond donors (Lipinski definition) is 0. The lowest BCUT2D eigenvalue weighted by atomic mass is 10.2. The van der Waals surface area contributed by atoms with Crippen LogP contribution in [0.3, 0.4) is 0 Å². The van der Waals surface area contributed by atoms with Crippen molar-refractivity contribution in [2.75, 3.05) is 10.7 Å². The molecule has 0 aromatic rings. The molecule has 0 aliphatic rings. The van der Waals surface area contributed by atoms with Crippen molar-refractivity contribution in [3.8, 4) is 0 Å². The number of unbranched alkanes of at least 4 members (excludes halogenated alkanes) is 3. The molecule has 0 atom stereocenters. The summed E-state index contributed by atoms with van der Waals surface area (Å²) >= 11 is 6.78. The molecule has 0 fully saturated rings. The largest absolute Gasteiger partial charge is 0.0928 e. The SMILES string of the molecule is BrCCCCCCBr.C. The summed E-state index contributed by atoms with van der Waals surface area (Å²) in [4.78, 5) is 0. The standard InChI is InChI=1S/C6H12Br2.CH4/c7-5-3-1-2-4-6-8;/h1-6H2;1H4. The van der Waals surface area contributed by atoms with Crippen LogP contribution < -0.4 is 0 Å². The van der Waals surface area contributed by atoms with Crippen LogP contribution in [0.4, 0.5) is 0 Å². The van der Waals surface area contributed by atoms with Crippen molar-refractivity contribution in [1.82, 2.24) is 0 Å². The first-order chi connectivity index (χ1) is 3.91. The first-order valence-corrected chi connectivity index (χ1v) is 5.28. The van der Waals surface area contributed by atoms with E-state index in [0.29, 0.717) is 0 Å². The molecule has 0 amide bonds. The van der Waals surface area contributed by atoms with Crippen molar-refractivity contribution in [2.24, 2.45) is 0 Å². The van der Waals surface area contributed by atoms with Crippen LogP contribution in [-0.4, -0.2) is 10.7 Å². The van der Waals surface area contributed by atoms with Gasteiger partial charge in [-0.15, -0.1) is 0 Å². The molecule has 0 saturated carbocycles. The van der Waals surface area contributed by atoms with E-state index in [0.717, 1.165) is 10.7 Å². The summed E-state index contributed by atoms with van der Waals surface area (Å²) in [5.41, 5.74) is 0. The van der Waals surface area contributed by atoms with Gasteiger partial charge >= 0.3 is 0 Å². The Morgan fingerprint density at radius 2 is 1.00 bits per heavy atom. The molecular formula is C7H16Br2. The lowest BCUT2D eigenvalue weighted by Crippen LogP contribution is -1.78. The maximum atomic E-state index is 3.39. The molecular weight excluding hydrogens is 244 g/mol. The molecule has 0 saturated heterocycles. The van der Waals surface area contributed by atoms with Gasteiger partial charge in [-0.05, 0) is 12.8 Å². The van der Waals surface area contributed by atoms with E-state index in [-0.39, 0.29) is 7.43 Å². The third-order valence-electron chi connectivity index (χ3n) is 1.02. The quantitative estimate of drug-likeness (QED) is 0.518. The average molecular weight is 260 g/mol. The number of halogens is 2. The summed E-state index contributed by atoms with van der Waals surface area (Å²) in [5.74, 6) is 0. The summed E-state index contributed by atoms with van der Waals surface area (Å²) in [6.07, 6.45) is 5.40. The molecule has 0 nitrogen and oxygen atoms in total.